The largest absolute Gasteiger partial charge is 0.179 e. The van der Waals surface area contributed by atoms with Crippen LogP contribution in [0.3, 0.4) is 0 Å². The van der Waals surface area contributed by atoms with E-state index in [1.807, 2.05) is 0 Å². The number of hydrogen-bond acceptors (Lipinski definition) is 1. The van der Waals surface area contributed by atoms with Crippen molar-refractivity contribution >= 4 is 12.6 Å². The smallest absolute Gasteiger partial charge is 0.00979 e. The topological polar surface area (TPSA) is 0 Å². The lowest BCUT2D eigenvalue weighted by Crippen LogP contribution is -1.80. The third kappa shape index (κ3) is 10.4. The second kappa shape index (κ2) is 10.3. The van der Waals surface area contributed by atoms with E-state index in [9.17, 15) is 0 Å². The number of unbranched alkanes of at least 4 members (excludes halogenated alkanes) is 7. The predicted molar refractivity (Wildman–Crippen MR) is 56.1 cm³/mol. The van der Waals surface area contributed by atoms with Crippen LogP contribution in [0.4, 0.5) is 0 Å². The van der Waals surface area contributed by atoms with Gasteiger partial charge >= 0.3 is 0 Å². The quantitative estimate of drug-likeness (QED) is 0.418. The summed E-state index contributed by atoms with van der Waals surface area (Å²) in [5.74, 6) is 1.05. The summed E-state index contributed by atoms with van der Waals surface area (Å²) in [4.78, 5) is 0. The summed E-state index contributed by atoms with van der Waals surface area (Å²) in [7, 11) is 0. The van der Waals surface area contributed by atoms with Gasteiger partial charge in [-0.05, 0) is 12.2 Å². The average Bonchev–Trinajstić information content (AvgIpc) is 2.03. The van der Waals surface area contributed by atoms with Crippen LogP contribution in [0.2, 0.25) is 0 Å². The van der Waals surface area contributed by atoms with Crippen molar-refractivity contribution in [2.24, 2.45) is 0 Å². The van der Waals surface area contributed by atoms with Crippen molar-refractivity contribution in [1.29, 1.82) is 0 Å². The van der Waals surface area contributed by atoms with Crippen LogP contribution in [0, 0.1) is 6.92 Å². The lowest BCUT2D eigenvalue weighted by Gasteiger charge is -1.98. The van der Waals surface area contributed by atoms with E-state index < -0.39 is 0 Å². The zero-order valence-electron chi connectivity index (χ0n) is 7.52. The summed E-state index contributed by atoms with van der Waals surface area (Å²) < 4.78 is 0. The molecule has 0 rings (SSSR count). The summed E-state index contributed by atoms with van der Waals surface area (Å²) >= 11 is 4.17. The van der Waals surface area contributed by atoms with Crippen LogP contribution >= 0.6 is 12.6 Å². The van der Waals surface area contributed by atoms with Crippen molar-refractivity contribution in [2.75, 3.05) is 5.75 Å². The second-order valence-electron chi connectivity index (χ2n) is 3.05. The first kappa shape index (κ1) is 11.4. The molecule has 1 radical (unpaired) electrons. The SMILES string of the molecule is [CH2]CCCCCCCCCS. The van der Waals surface area contributed by atoms with E-state index in [0.29, 0.717) is 0 Å². The monoisotopic (exact) mass is 173 g/mol. The molecule has 1 heteroatoms. The Morgan fingerprint density at radius 2 is 1.18 bits per heavy atom. The summed E-state index contributed by atoms with van der Waals surface area (Å²) in [5, 5.41) is 0. The molecule has 0 aliphatic heterocycles. The third-order valence-electron chi connectivity index (χ3n) is 1.91. The normalized spacial score (nSPS) is 10.4. The Hall–Kier alpha value is 0.350. The van der Waals surface area contributed by atoms with E-state index >= 15 is 0 Å². The molecule has 0 unspecified atom stereocenters. The molecule has 0 saturated heterocycles. The molecule has 0 heterocycles. The summed E-state index contributed by atoms with van der Waals surface area (Å²) in [6, 6.07) is 0. The van der Waals surface area contributed by atoms with Crippen molar-refractivity contribution in [3.63, 3.8) is 0 Å². The fourth-order valence-electron chi connectivity index (χ4n) is 1.17. The van der Waals surface area contributed by atoms with Gasteiger partial charge in [-0.1, -0.05) is 51.9 Å². The van der Waals surface area contributed by atoms with Crippen LogP contribution in [0.1, 0.15) is 51.4 Å². The van der Waals surface area contributed by atoms with Gasteiger partial charge in [-0.25, -0.2) is 0 Å². The number of thiol groups is 1. The van der Waals surface area contributed by atoms with Gasteiger partial charge in [-0.15, -0.1) is 0 Å². The number of hydrogen-bond donors (Lipinski definition) is 1. The maximum absolute atomic E-state index is 4.17. The first-order valence-corrected chi connectivity index (χ1v) is 5.45. The Labute approximate surface area is 77.2 Å². The van der Waals surface area contributed by atoms with Crippen molar-refractivity contribution < 1.29 is 0 Å². The fraction of sp³-hybridized carbons (Fsp3) is 0.900. The minimum absolute atomic E-state index is 1.05. The molecule has 0 spiro atoms. The second-order valence-corrected chi connectivity index (χ2v) is 3.50. The molecule has 0 bridgehead atoms. The minimum atomic E-state index is 1.05. The Kier molecular flexibility index (Phi) is 10.7. The molecule has 0 nitrogen and oxygen atoms in total. The van der Waals surface area contributed by atoms with Crippen LogP contribution in [-0.2, 0) is 0 Å². The molecule has 0 amide bonds. The van der Waals surface area contributed by atoms with Crippen LogP contribution < -0.4 is 0 Å². The van der Waals surface area contributed by atoms with Gasteiger partial charge in [0.25, 0.3) is 0 Å². The van der Waals surface area contributed by atoms with E-state index in [4.69, 9.17) is 0 Å². The van der Waals surface area contributed by atoms with Gasteiger partial charge in [0.2, 0.25) is 0 Å². The van der Waals surface area contributed by atoms with Crippen molar-refractivity contribution in [1.82, 2.24) is 0 Å². The van der Waals surface area contributed by atoms with Crippen molar-refractivity contribution in [2.45, 2.75) is 51.4 Å². The Morgan fingerprint density at radius 3 is 1.64 bits per heavy atom. The molecular weight excluding hydrogens is 152 g/mol. The highest BCUT2D eigenvalue weighted by atomic mass is 32.1. The van der Waals surface area contributed by atoms with Gasteiger partial charge in [0.05, 0.1) is 0 Å². The highest BCUT2D eigenvalue weighted by Crippen LogP contribution is 2.08. The van der Waals surface area contributed by atoms with Crippen LogP contribution in [0.15, 0.2) is 0 Å². The molecule has 0 aromatic rings. The molecule has 0 saturated carbocycles. The molecule has 0 N–H and O–H groups in total. The van der Waals surface area contributed by atoms with Gasteiger partial charge in [-0.3, -0.25) is 0 Å². The first-order chi connectivity index (χ1) is 5.41. The van der Waals surface area contributed by atoms with Crippen molar-refractivity contribution in [3.8, 4) is 0 Å². The Bertz CT molecular complexity index is 53.9. The Balaban J connectivity index is 2.69. The van der Waals surface area contributed by atoms with Crippen LogP contribution in [0.25, 0.3) is 0 Å². The molecule has 0 aromatic carbocycles. The first-order valence-electron chi connectivity index (χ1n) is 4.82. The molecule has 0 atom stereocenters. The maximum Gasteiger partial charge on any atom is -0.00979 e. The molecular formula is C10H21S. The van der Waals surface area contributed by atoms with E-state index in [2.05, 4.69) is 19.6 Å². The molecule has 0 fully saturated rings. The zero-order chi connectivity index (χ0) is 8.36. The maximum atomic E-state index is 4.17. The summed E-state index contributed by atoms with van der Waals surface area (Å²) in [6.45, 7) is 3.82. The van der Waals surface area contributed by atoms with Crippen LogP contribution in [0.5, 0.6) is 0 Å². The predicted octanol–water partition coefficient (Wildman–Crippen LogP) is 3.87. The lowest BCUT2D eigenvalue weighted by molar-refractivity contribution is 0.593. The summed E-state index contributed by atoms with van der Waals surface area (Å²) in [6.07, 6.45) is 10.7. The van der Waals surface area contributed by atoms with Gasteiger partial charge in [0.1, 0.15) is 0 Å². The molecule has 0 aliphatic rings. The van der Waals surface area contributed by atoms with Gasteiger partial charge in [0.15, 0.2) is 0 Å². The van der Waals surface area contributed by atoms with E-state index in [0.717, 1.165) is 12.2 Å². The lowest BCUT2D eigenvalue weighted by atomic mass is 10.1. The zero-order valence-corrected chi connectivity index (χ0v) is 8.41. The highest BCUT2D eigenvalue weighted by Gasteiger charge is 1.89. The molecule has 11 heavy (non-hydrogen) atoms. The minimum Gasteiger partial charge on any atom is -0.179 e. The van der Waals surface area contributed by atoms with Crippen LogP contribution in [-0.4, -0.2) is 5.75 Å². The van der Waals surface area contributed by atoms with Gasteiger partial charge in [0, 0.05) is 0 Å². The summed E-state index contributed by atoms with van der Waals surface area (Å²) in [5.41, 5.74) is 0. The highest BCUT2D eigenvalue weighted by molar-refractivity contribution is 7.80. The third-order valence-corrected chi connectivity index (χ3v) is 2.22. The standard InChI is InChI=1S/C10H21S/c1-2-3-4-5-6-7-8-9-10-11/h11H,1-10H2. The van der Waals surface area contributed by atoms with Crippen molar-refractivity contribution in [3.05, 3.63) is 6.92 Å². The van der Waals surface area contributed by atoms with Gasteiger partial charge in [-0.2, -0.15) is 12.6 Å². The average molecular weight is 173 g/mol. The van der Waals surface area contributed by atoms with Gasteiger partial charge < -0.3 is 0 Å². The van der Waals surface area contributed by atoms with E-state index in [1.54, 1.807) is 0 Å². The fourth-order valence-corrected chi connectivity index (χ4v) is 1.40. The Morgan fingerprint density at radius 1 is 0.727 bits per heavy atom. The van der Waals surface area contributed by atoms with E-state index in [1.165, 1.54) is 44.9 Å². The van der Waals surface area contributed by atoms with E-state index in [-0.39, 0.29) is 0 Å². The number of rotatable bonds is 8. The molecule has 0 aliphatic carbocycles. The molecule has 67 valence electrons. The molecule has 0 aromatic heterocycles.